The molecule has 0 saturated carbocycles. The lowest BCUT2D eigenvalue weighted by Crippen LogP contribution is -2.44. The molecule has 1 N–H and O–H groups in total. The zero-order valence-electron chi connectivity index (χ0n) is 18.1. The van der Waals surface area contributed by atoms with Crippen molar-refractivity contribution in [3.63, 3.8) is 0 Å². The molecule has 2 aromatic carbocycles. The topological polar surface area (TPSA) is 44.3 Å². The number of hydrogen-bond acceptors (Lipinski definition) is 5. The van der Waals surface area contributed by atoms with Gasteiger partial charge >= 0.3 is 0 Å². The van der Waals surface area contributed by atoms with Crippen molar-refractivity contribution in [2.75, 3.05) is 43.4 Å². The van der Waals surface area contributed by atoms with Gasteiger partial charge in [-0.05, 0) is 62.6 Å². The van der Waals surface area contributed by atoms with Crippen molar-refractivity contribution < 1.29 is 0 Å². The molecule has 162 valence electrons. The summed E-state index contributed by atoms with van der Waals surface area (Å²) in [5.41, 5.74) is 4.52. The Morgan fingerprint density at radius 2 is 1.61 bits per heavy atom. The van der Waals surface area contributed by atoms with Gasteiger partial charge in [0, 0.05) is 37.6 Å². The second-order valence-corrected chi connectivity index (χ2v) is 8.55. The van der Waals surface area contributed by atoms with Crippen LogP contribution in [0, 0.1) is 0 Å². The van der Waals surface area contributed by atoms with Crippen LogP contribution in [0.25, 0.3) is 0 Å². The Morgan fingerprint density at radius 3 is 2.35 bits per heavy atom. The standard InChI is InChI=1S/C25H30ClN5/c1-30-15-17-31(18-16-30)22-13-11-21(12-14-22)28-25-27-19-23(26)24(29-25)10-6-5-9-20-7-3-2-4-8-20/h2-4,7-8,11-14,19H,5-6,9-10,15-18H2,1H3,(H,27,28,29). The third kappa shape index (κ3) is 6.18. The number of rotatable bonds is 8. The molecule has 0 radical (unpaired) electrons. The number of piperazine rings is 1. The van der Waals surface area contributed by atoms with E-state index in [4.69, 9.17) is 11.6 Å². The molecule has 0 bridgehead atoms. The van der Waals surface area contributed by atoms with E-state index in [2.05, 4.69) is 86.7 Å². The quantitative estimate of drug-likeness (QED) is 0.493. The smallest absolute Gasteiger partial charge is 0.227 e. The van der Waals surface area contributed by atoms with E-state index in [9.17, 15) is 0 Å². The molecule has 6 heteroatoms. The molecular formula is C25H30ClN5. The van der Waals surface area contributed by atoms with Crippen LogP contribution in [0.15, 0.2) is 60.8 Å². The van der Waals surface area contributed by atoms with Gasteiger partial charge in [0.2, 0.25) is 5.95 Å². The number of nitrogens with zero attached hydrogens (tertiary/aromatic N) is 4. The van der Waals surface area contributed by atoms with Gasteiger partial charge in [-0.25, -0.2) is 9.97 Å². The van der Waals surface area contributed by atoms with Crippen molar-refractivity contribution in [3.8, 4) is 0 Å². The van der Waals surface area contributed by atoms with E-state index in [0.717, 1.165) is 63.2 Å². The molecule has 5 nitrogen and oxygen atoms in total. The maximum Gasteiger partial charge on any atom is 0.227 e. The fourth-order valence-electron chi connectivity index (χ4n) is 3.85. The van der Waals surface area contributed by atoms with Crippen molar-refractivity contribution >= 4 is 28.9 Å². The predicted molar refractivity (Wildman–Crippen MR) is 130 cm³/mol. The van der Waals surface area contributed by atoms with Crippen molar-refractivity contribution in [3.05, 3.63) is 77.1 Å². The molecule has 2 heterocycles. The average molecular weight is 436 g/mol. The lowest BCUT2D eigenvalue weighted by atomic mass is 10.1. The Morgan fingerprint density at radius 1 is 0.903 bits per heavy atom. The monoisotopic (exact) mass is 435 g/mol. The number of aryl methyl sites for hydroxylation is 2. The number of likely N-dealkylation sites (N-methyl/N-ethyl adjacent to an activating group) is 1. The Balaban J connectivity index is 1.31. The summed E-state index contributed by atoms with van der Waals surface area (Å²) in [4.78, 5) is 13.8. The van der Waals surface area contributed by atoms with Gasteiger partial charge in [0.25, 0.3) is 0 Å². The van der Waals surface area contributed by atoms with Crippen LogP contribution in [0.5, 0.6) is 0 Å². The first-order valence-corrected chi connectivity index (χ1v) is 11.4. The maximum absolute atomic E-state index is 6.35. The van der Waals surface area contributed by atoms with Gasteiger partial charge < -0.3 is 15.1 Å². The van der Waals surface area contributed by atoms with Crippen LogP contribution < -0.4 is 10.2 Å². The summed E-state index contributed by atoms with van der Waals surface area (Å²) >= 11 is 6.35. The molecule has 0 amide bonds. The van der Waals surface area contributed by atoms with Crippen LogP contribution in [0.1, 0.15) is 24.1 Å². The second-order valence-electron chi connectivity index (χ2n) is 8.14. The third-order valence-corrected chi connectivity index (χ3v) is 6.10. The molecule has 1 saturated heterocycles. The highest BCUT2D eigenvalue weighted by Crippen LogP contribution is 2.23. The summed E-state index contributed by atoms with van der Waals surface area (Å²) in [6.07, 6.45) is 5.78. The minimum atomic E-state index is 0.592. The Bertz CT molecular complexity index is 953. The molecule has 1 aromatic heterocycles. The van der Waals surface area contributed by atoms with Gasteiger partial charge in [-0.1, -0.05) is 41.9 Å². The van der Waals surface area contributed by atoms with Crippen molar-refractivity contribution in [1.82, 2.24) is 14.9 Å². The molecule has 0 atom stereocenters. The highest BCUT2D eigenvalue weighted by Gasteiger charge is 2.14. The lowest BCUT2D eigenvalue weighted by Gasteiger charge is -2.34. The second kappa shape index (κ2) is 10.6. The summed E-state index contributed by atoms with van der Waals surface area (Å²) in [5, 5.41) is 3.95. The van der Waals surface area contributed by atoms with Gasteiger partial charge in [0.05, 0.1) is 16.9 Å². The molecule has 3 aromatic rings. The maximum atomic E-state index is 6.35. The number of aromatic nitrogens is 2. The van der Waals surface area contributed by atoms with Gasteiger partial charge in [-0.3, -0.25) is 0 Å². The van der Waals surface area contributed by atoms with Crippen LogP contribution in [0.2, 0.25) is 5.02 Å². The predicted octanol–water partition coefficient (Wildman–Crippen LogP) is 5.19. The highest BCUT2D eigenvalue weighted by molar-refractivity contribution is 6.31. The molecule has 1 aliphatic rings. The van der Waals surface area contributed by atoms with E-state index >= 15 is 0 Å². The number of halogens is 1. The zero-order chi connectivity index (χ0) is 21.5. The van der Waals surface area contributed by atoms with Crippen molar-refractivity contribution in [1.29, 1.82) is 0 Å². The first-order valence-electron chi connectivity index (χ1n) is 11.0. The molecular weight excluding hydrogens is 406 g/mol. The van der Waals surface area contributed by atoms with E-state index in [-0.39, 0.29) is 0 Å². The fraction of sp³-hybridized carbons (Fsp3) is 0.360. The van der Waals surface area contributed by atoms with Crippen LogP contribution in [-0.4, -0.2) is 48.1 Å². The minimum Gasteiger partial charge on any atom is -0.369 e. The van der Waals surface area contributed by atoms with Gasteiger partial charge in [0.15, 0.2) is 0 Å². The third-order valence-electron chi connectivity index (χ3n) is 5.78. The van der Waals surface area contributed by atoms with Crippen molar-refractivity contribution in [2.45, 2.75) is 25.7 Å². The summed E-state index contributed by atoms with van der Waals surface area (Å²) in [6, 6.07) is 19.1. The largest absolute Gasteiger partial charge is 0.369 e. The van der Waals surface area contributed by atoms with Crippen LogP contribution in [-0.2, 0) is 12.8 Å². The Kier molecular flexibility index (Phi) is 7.39. The normalized spacial score (nSPS) is 14.6. The molecule has 31 heavy (non-hydrogen) atoms. The summed E-state index contributed by atoms with van der Waals surface area (Å²) < 4.78 is 0. The summed E-state index contributed by atoms with van der Waals surface area (Å²) in [6.45, 7) is 4.34. The number of nitrogens with one attached hydrogen (secondary N) is 1. The van der Waals surface area contributed by atoms with E-state index in [1.807, 2.05) is 0 Å². The van der Waals surface area contributed by atoms with E-state index < -0.39 is 0 Å². The average Bonchev–Trinajstić information content (AvgIpc) is 2.80. The SMILES string of the molecule is CN1CCN(c2ccc(Nc3ncc(Cl)c(CCCCc4ccccc4)n3)cc2)CC1. The lowest BCUT2D eigenvalue weighted by molar-refractivity contribution is 0.313. The minimum absolute atomic E-state index is 0.592. The van der Waals surface area contributed by atoms with Crippen molar-refractivity contribution in [2.24, 2.45) is 0 Å². The summed E-state index contributed by atoms with van der Waals surface area (Å²) in [5.74, 6) is 0.592. The van der Waals surface area contributed by atoms with Crippen LogP contribution in [0.3, 0.4) is 0 Å². The first-order chi connectivity index (χ1) is 15.2. The van der Waals surface area contributed by atoms with Gasteiger partial charge in [-0.2, -0.15) is 0 Å². The van der Waals surface area contributed by atoms with Crippen LogP contribution >= 0.6 is 11.6 Å². The molecule has 4 rings (SSSR count). The van der Waals surface area contributed by atoms with E-state index in [1.54, 1.807) is 6.20 Å². The van der Waals surface area contributed by atoms with E-state index in [0.29, 0.717) is 11.0 Å². The fourth-order valence-corrected chi connectivity index (χ4v) is 4.04. The number of unbranched alkanes of at least 4 members (excludes halogenated alkanes) is 1. The summed E-state index contributed by atoms with van der Waals surface area (Å²) in [7, 11) is 2.17. The Labute approximate surface area is 190 Å². The zero-order valence-corrected chi connectivity index (χ0v) is 18.9. The number of benzene rings is 2. The van der Waals surface area contributed by atoms with Gasteiger partial charge in [0.1, 0.15) is 0 Å². The number of anilines is 3. The molecule has 1 aliphatic heterocycles. The highest BCUT2D eigenvalue weighted by atomic mass is 35.5. The Hall–Kier alpha value is -2.63. The van der Waals surface area contributed by atoms with E-state index in [1.165, 1.54) is 11.3 Å². The number of hydrogen-bond donors (Lipinski definition) is 1. The molecule has 1 fully saturated rings. The van der Waals surface area contributed by atoms with Crippen LogP contribution in [0.4, 0.5) is 17.3 Å². The van der Waals surface area contributed by atoms with Gasteiger partial charge in [-0.15, -0.1) is 0 Å². The first kappa shape index (κ1) is 21.6. The molecule has 0 aliphatic carbocycles. The molecule has 0 spiro atoms. The molecule has 0 unspecified atom stereocenters.